The molecule has 0 fully saturated rings. The van der Waals surface area contributed by atoms with Crippen molar-refractivity contribution in [1.29, 1.82) is 0 Å². The molecule has 110 heavy (non-hydrogen) atoms. The second-order valence-corrected chi connectivity index (χ2v) is 28.2. The van der Waals surface area contributed by atoms with Gasteiger partial charge in [0.05, 0.1) is 10.8 Å². The molecule has 2 heterocycles. The standard InChI is InChI=1S/C50H33N3.C25H19BO2.C25H16BrN3/c1-5-19-35(20-6-1)47-51-48(36-21-7-2-8-22-36)53-49(52-47)42-33-32-34-18-13-14-27-39(34)45(42)41-29-17-31-44-46(41)40-28-15-16-30-43(40)50(44,37-23-9-3-10-24-37)38-25-11-4-12-26-38;27-26(28)23-17-9-16-22-24(23)20-14-7-8-15-21(20)25(22,18-10-3-1-4-11-18)19-12-5-2-6-13-19;26-22-20-14-8-7-9-17(20)15-16-21(22)25-28-23(18-10-3-1-4-11-18)27-24(29-25)19-12-5-2-6-13-19/h1-33H;1-17,27-28H;1-16H. The van der Waals surface area contributed by atoms with Crippen LogP contribution in [0.25, 0.3) is 123 Å². The first-order valence-corrected chi connectivity index (χ1v) is 37.6. The van der Waals surface area contributed by atoms with Crippen molar-refractivity contribution in [2.24, 2.45) is 0 Å². The van der Waals surface area contributed by atoms with Gasteiger partial charge in [0.1, 0.15) is 0 Å². The molecule has 16 aromatic carbocycles. The fourth-order valence-electron chi connectivity index (χ4n) is 16.5. The summed E-state index contributed by atoms with van der Waals surface area (Å²) in [6, 6.07) is 139. The van der Waals surface area contributed by atoms with Crippen molar-refractivity contribution in [3.8, 4) is 102 Å². The van der Waals surface area contributed by atoms with E-state index >= 15 is 0 Å². The molecule has 20 rings (SSSR count). The molecule has 8 nitrogen and oxygen atoms in total. The maximum Gasteiger partial charge on any atom is 0.489 e. The second kappa shape index (κ2) is 29.7. The highest BCUT2D eigenvalue weighted by molar-refractivity contribution is 9.10. The van der Waals surface area contributed by atoms with Gasteiger partial charge in [-0.25, -0.2) is 29.9 Å². The van der Waals surface area contributed by atoms with Crippen molar-refractivity contribution in [3.63, 3.8) is 0 Å². The zero-order valence-electron chi connectivity index (χ0n) is 59.6. The van der Waals surface area contributed by atoms with Crippen LogP contribution in [0, 0.1) is 0 Å². The Kier molecular flexibility index (Phi) is 18.5. The molecule has 0 atom stereocenters. The summed E-state index contributed by atoms with van der Waals surface area (Å²) >= 11 is 3.78. The molecule has 0 spiro atoms. The largest absolute Gasteiger partial charge is 0.489 e. The van der Waals surface area contributed by atoms with Gasteiger partial charge in [0.2, 0.25) is 0 Å². The number of rotatable bonds is 12. The summed E-state index contributed by atoms with van der Waals surface area (Å²) in [5.41, 5.74) is 21.5. The third-order valence-corrected chi connectivity index (χ3v) is 22.1. The van der Waals surface area contributed by atoms with Gasteiger partial charge >= 0.3 is 7.12 Å². The van der Waals surface area contributed by atoms with Crippen LogP contribution in [0.2, 0.25) is 0 Å². The van der Waals surface area contributed by atoms with Gasteiger partial charge in [0.25, 0.3) is 0 Å². The van der Waals surface area contributed by atoms with E-state index in [1.807, 2.05) is 133 Å². The third kappa shape index (κ3) is 12.2. The summed E-state index contributed by atoms with van der Waals surface area (Å²) in [6.07, 6.45) is 0. The van der Waals surface area contributed by atoms with Crippen LogP contribution >= 0.6 is 15.9 Å². The Balaban J connectivity index is 0.000000126. The monoisotopic (exact) mass is 1470 g/mol. The normalized spacial score (nSPS) is 12.5. The smallest absolute Gasteiger partial charge is 0.423 e. The van der Waals surface area contributed by atoms with Gasteiger partial charge in [-0.05, 0) is 127 Å². The van der Waals surface area contributed by atoms with Crippen molar-refractivity contribution in [2.45, 2.75) is 10.8 Å². The van der Waals surface area contributed by atoms with Crippen LogP contribution in [-0.4, -0.2) is 47.1 Å². The Morgan fingerprint density at radius 1 is 0.218 bits per heavy atom. The summed E-state index contributed by atoms with van der Waals surface area (Å²) in [7, 11) is -1.52. The summed E-state index contributed by atoms with van der Waals surface area (Å²) in [5, 5.41) is 24.8. The zero-order valence-corrected chi connectivity index (χ0v) is 61.2. The van der Waals surface area contributed by atoms with Gasteiger partial charge in [0.15, 0.2) is 34.9 Å². The molecule has 0 saturated heterocycles. The molecule has 0 unspecified atom stereocenters. The molecule has 0 bridgehead atoms. The van der Waals surface area contributed by atoms with E-state index in [4.69, 9.17) is 29.9 Å². The molecule has 0 radical (unpaired) electrons. The zero-order chi connectivity index (χ0) is 74.0. The molecule has 2 aliphatic carbocycles. The van der Waals surface area contributed by atoms with Crippen LogP contribution in [0.1, 0.15) is 44.5 Å². The number of hydrogen-bond donors (Lipinski definition) is 2. The van der Waals surface area contributed by atoms with Gasteiger partial charge in [-0.1, -0.05) is 388 Å². The lowest BCUT2D eigenvalue weighted by atomic mass is 9.66. The summed E-state index contributed by atoms with van der Waals surface area (Å²) in [4.78, 5) is 29.9. The molecule has 10 heteroatoms. The van der Waals surface area contributed by atoms with E-state index in [2.05, 4.69) is 277 Å². The quantitative estimate of drug-likeness (QED) is 0.116. The lowest BCUT2D eigenvalue weighted by Crippen LogP contribution is -2.33. The number of nitrogens with zero attached hydrogens (tertiary/aromatic N) is 6. The van der Waals surface area contributed by atoms with E-state index in [0.29, 0.717) is 40.4 Å². The Hall–Kier alpha value is -13.5. The van der Waals surface area contributed by atoms with Gasteiger partial charge < -0.3 is 10.0 Å². The van der Waals surface area contributed by atoms with E-state index in [0.717, 1.165) is 98.5 Å². The van der Waals surface area contributed by atoms with Crippen LogP contribution in [0.4, 0.5) is 0 Å². The van der Waals surface area contributed by atoms with Crippen molar-refractivity contribution in [1.82, 2.24) is 29.9 Å². The van der Waals surface area contributed by atoms with E-state index in [9.17, 15) is 10.0 Å². The number of aromatic nitrogens is 6. The minimum absolute atomic E-state index is 0.501. The Bertz CT molecular complexity index is 6190. The first-order chi connectivity index (χ1) is 54.3. The van der Waals surface area contributed by atoms with E-state index in [-0.39, 0.29) is 0 Å². The van der Waals surface area contributed by atoms with Gasteiger partial charge in [0, 0.05) is 43.4 Å². The number of hydrogen-bond acceptors (Lipinski definition) is 8. The summed E-state index contributed by atoms with van der Waals surface area (Å²) in [5.74, 6) is 3.90. The Labute approximate surface area is 647 Å². The molecule has 520 valence electrons. The van der Waals surface area contributed by atoms with Crippen molar-refractivity contribution < 1.29 is 10.0 Å². The number of halogens is 1. The fourth-order valence-corrected chi connectivity index (χ4v) is 17.1. The highest BCUT2D eigenvalue weighted by Crippen LogP contribution is 2.60. The molecule has 18 aromatic rings. The first-order valence-electron chi connectivity index (χ1n) is 36.8. The Morgan fingerprint density at radius 3 is 0.945 bits per heavy atom. The highest BCUT2D eigenvalue weighted by atomic mass is 79.9. The fraction of sp³-hybridized carbons (Fsp3) is 0.0200. The number of benzene rings is 16. The second-order valence-electron chi connectivity index (χ2n) is 27.4. The van der Waals surface area contributed by atoms with Crippen LogP contribution < -0.4 is 5.46 Å². The van der Waals surface area contributed by atoms with Gasteiger partial charge in [-0.15, -0.1) is 0 Å². The molecular weight excluding hydrogens is 1410 g/mol. The average Bonchev–Trinajstić information content (AvgIpc) is 1.54. The van der Waals surface area contributed by atoms with Crippen LogP contribution in [0.5, 0.6) is 0 Å². The summed E-state index contributed by atoms with van der Waals surface area (Å²) < 4.78 is 0.986. The lowest BCUT2D eigenvalue weighted by molar-refractivity contribution is 0.426. The van der Waals surface area contributed by atoms with Crippen molar-refractivity contribution in [3.05, 3.63) is 449 Å². The van der Waals surface area contributed by atoms with Crippen molar-refractivity contribution >= 4 is 50.1 Å². The molecule has 0 saturated carbocycles. The molecule has 0 aliphatic heterocycles. The highest BCUT2D eigenvalue weighted by Gasteiger charge is 2.49. The van der Waals surface area contributed by atoms with Gasteiger partial charge in [-0.2, -0.15) is 0 Å². The van der Waals surface area contributed by atoms with Crippen LogP contribution in [-0.2, 0) is 10.8 Å². The maximum atomic E-state index is 10.1. The topological polar surface area (TPSA) is 118 Å². The molecule has 0 amide bonds. The molecular formula is C100H68BBrN6O2. The minimum Gasteiger partial charge on any atom is -0.423 e. The minimum atomic E-state index is -1.52. The predicted octanol–water partition coefficient (Wildman–Crippen LogP) is 22.6. The Morgan fingerprint density at radius 2 is 0.518 bits per heavy atom. The molecule has 2 aliphatic rings. The molecule has 2 N–H and O–H groups in total. The predicted molar refractivity (Wildman–Crippen MR) is 451 cm³/mol. The van der Waals surface area contributed by atoms with Gasteiger partial charge in [-0.3, -0.25) is 0 Å². The SMILES string of the molecule is Brc1c(-c2nc(-c3ccccc3)nc(-c3ccccc3)n2)ccc2ccccc12.OB(O)c1cccc2c1-c1ccccc1C2(c1ccccc1)c1ccccc1.c1ccc(-c2nc(-c3ccccc3)nc(-c3ccc4ccccc4c3-c3cccc4c3-c3ccccc3C4(c3ccccc3)c3ccccc3)n2)cc1. The first kappa shape index (κ1) is 68.3. The van der Waals surface area contributed by atoms with E-state index < -0.39 is 17.9 Å². The maximum absolute atomic E-state index is 10.1. The third-order valence-electron chi connectivity index (χ3n) is 21.2. The van der Waals surface area contributed by atoms with E-state index in [1.54, 1.807) is 6.07 Å². The van der Waals surface area contributed by atoms with E-state index in [1.165, 1.54) is 38.8 Å². The molecule has 2 aromatic heterocycles. The number of fused-ring (bicyclic) bond motifs is 8. The van der Waals surface area contributed by atoms with Crippen LogP contribution in [0.15, 0.2) is 405 Å². The van der Waals surface area contributed by atoms with Crippen molar-refractivity contribution in [2.75, 3.05) is 0 Å². The lowest BCUT2D eigenvalue weighted by Gasteiger charge is -2.34. The van der Waals surface area contributed by atoms with Crippen LogP contribution in [0.3, 0.4) is 0 Å². The summed E-state index contributed by atoms with van der Waals surface area (Å²) in [6.45, 7) is 0. The average molecular weight is 1480 g/mol.